The van der Waals surface area contributed by atoms with E-state index in [1.54, 1.807) is 52.1 Å². The van der Waals surface area contributed by atoms with Gasteiger partial charge in [0.05, 0.1) is 27.5 Å². The van der Waals surface area contributed by atoms with Crippen LogP contribution in [0.25, 0.3) is 5.69 Å². The summed E-state index contributed by atoms with van der Waals surface area (Å²) < 4.78 is 13.5. The van der Waals surface area contributed by atoms with Gasteiger partial charge in [-0.05, 0) is 74.2 Å². The van der Waals surface area contributed by atoms with Gasteiger partial charge in [-0.2, -0.15) is 0 Å². The monoisotopic (exact) mass is 585 g/mol. The van der Waals surface area contributed by atoms with Crippen molar-refractivity contribution in [2.45, 2.75) is 44.8 Å². The summed E-state index contributed by atoms with van der Waals surface area (Å²) in [6.07, 6.45) is 2.83. The summed E-state index contributed by atoms with van der Waals surface area (Å²) in [6.45, 7) is 4.95. The van der Waals surface area contributed by atoms with Crippen LogP contribution in [-0.2, 0) is 4.74 Å². The molecular weight excluding hydrogens is 554 g/mol. The fourth-order valence-electron chi connectivity index (χ4n) is 5.04. The van der Waals surface area contributed by atoms with Crippen LogP contribution in [0.4, 0.5) is 10.5 Å². The van der Waals surface area contributed by atoms with E-state index in [2.05, 4.69) is 4.90 Å². The minimum atomic E-state index is -0.459. The molecule has 1 N–H and O–H groups in total. The van der Waals surface area contributed by atoms with Crippen molar-refractivity contribution in [3.63, 3.8) is 0 Å². The maximum atomic E-state index is 13.2. The number of hydrogen-bond donors (Lipinski definition) is 1. The molecular formula is C29H32ClN3O6S. The Hall–Kier alpha value is -3.18. The number of Topliss-reactive ketones (excluding diaryl/α,β-unsaturated/α-hetero) is 1. The van der Waals surface area contributed by atoms with Crippen LogP contribution in [0.3, 0.4) is 0 Å². The topological polar surface area (TPSA) is 101 Å². The molecule has 2 aliphatic heterocycles. The maximum Gasteiger partial charge on any atom is 0.414 e. The number of nitrogens with zero attached hydrogens (tertiary/aromatic N) is 3. The second-order valence-electron chi connectivity index (χ2n) is 10.1. The van der Waals surface area contributed by atoms with E-state index in [9.17, 15) is 19.5 Å². The number of aliphatic hydroxyl groups is 1. The van der Waals surface area contributed by atoms with Crippen molar-refractivity contribution in [3.05, 3.63) is 73.8 Å². The molecule has 0 radical (unpaired) electrons. The van der Waals surface area contributed by atoms with E-state index >= 15 is 0 Å². The summed E-state index contributed by atoms with van der Waals surface area (Å²) in [7, 11) is 0. The Bertz CT molecular complexity index is 1430. The van der Waals surface area contributed by atoms with Crippen molar-refractivity contribution in [3.8, 4) is 11.4 Å². The molecule has 1 atom stereocenters. The SMILES string of the molecule is Cc1cc(N2C[C@H](CCC(=O)c3ccc(Cl)s3)OC2=O)ccc1-n1cccc(OCCN2CCC(O)CC2)c1=O. The van der Waals surface area contributed by atoms with Crippen LogP contribution >= 0.6 is 22.9 Å². The van der Waals surface area contributed by atoms with Crippen LogP contribution in [0, 0.1) is 6.92 Å². The van der Waals surface area contributed by atoms with E-state index in [-0.39, 0.29) is 29.6 Å². The third-order valence-corrected chi connectivity index (χ3v) is 8.57. The number of ether oxygens (including phenoxy) is 2. The van der Waals surface area contributed by atoms with E-state index in [4.69, 9.17) is 21.1 Å². The van der Waals surface area contributed by atoms with E-state index in [1.165, 1.54) is 11.3 Å². The first-order valence-electron chi connectivity index (χ1n) is 13.4. The highest BCUT2D eigenvalue weighted by atomic mass is 35.5. The molecule has 1 aromatic carbocycles. The van der Waals surface area contributed by atoms with Crippen molar-refractivity contribution in [2.24, 2.45) is 0 Å². The normalized spacial score (nSPS) is 18.2. The van der Waals surface area contributed by atoms with Crippen LogP contribution in [0.15, 0.2) is 53.5 Å². The number of hydrogen-bond acceptors (Lipinski definition) is 8. The number of rotatable bonds is 10. The largest absolute Gasteiger partial charge is 0.487 e. The van der Waals surface area contributed by atoms with Crippen LogP contribution < -0.4 is 15.2 Å². The number of aryl methyl sites for hydroxylation is 1. The van der Waals surface area contributed by atoms with Gasteiger partial charge in [0.2, 0.25) is 0 Å². The van der Waals surface area contributed by atoms with Crippen LogP contribution in [0.2, 0.25) is 4.34 Å². The number of amides is 1. The zero-order valence-electron chi connectivity index (χ0n) is 22.3. The van der Waals surface area contributed by atoms with E-state index in [1.807, 2.05) is 13.0 Å². The first-order valence-corrected chi connectivity index (χ1v) is 14.6. The average molecular weight is 586 g/mol. The predicted molar refractivity (Wildman–Crippen MR) is 154 cm³/mol. The fraction of sp³-hybridized carbons (Fsp3) is 0.414. The smallest absolute Gasteiger partial charge is 0.414 e. The first-order chi connectivity index (χ1) is 19.3. The van der Waals surface area contributed by atoms with Crippen molar-refractivity contribution in [2.75, 3.05) is 37.7 Å². The lowest BCUT2D eigenvalue weighted by molar-refractivity contribution is 0.0753. The Labute approximate surface area is 241 Å². The second-order valence-corrected chi connectivity index (χ2v) is 11.8. The van der Waals surface area contributed by atoms with Crippen LogP contribution in [0.5, 0.6) is 5.75 Å². The van der Waals surface area contributed by atoms with E-state index < -0.39 is 12.2 Å². The molecule has 0 spiro atoms. The molecule has 2 aromatic heterocycles. The lowest BCUT2D eigenvalue weighted by atomic mass is 10.1. The third kappa shape index (κ3) is 6.58. The molecule has 1 amide bonds. The minimum absolute atomic E-state index is 0.0189. The number of aliphatic hydroxyl groups excluding tert-OH is 1. The van der Waals surface area contributed by atoms with Gasteiger partial charge in [0.1, 0.15) is 12.7 Å². The molecule has 2 fully saturated rings. The molecule has 9 nitrogen and oxygen atoms in total. The highest BCUT2D eigenvalue weighted by molar-refractivity contribution is 7.18. The molecule has 0 aliphatic carbocycles. The van der Waals surface area contributed by atoms with Gasteiger partial charge < -0.3 is 14.6 Å². The Morgan fingerprint density at radius 2 is 1.98 bits per heavy atom. The molecule has 3 aromatic rings. The molecule has 2 saturated heterocycles. The number of carbonyl (C=O) groups excluding carboxylic acids is 2. The van der Waals surface area contributed by atoms with Crippen molar-refractivity contribution < 1.29 is 24.2 Å². The van der Waals surface area contributed by atoms with E-state index in [0.717, 1.165) is 31.5 Å². The highest BCUT2D eigenvalue weighted by Crippen LogP contribution is 2.28. The first kappa shape index (κ1) is 28.4. The Kier molecular flexibility index (Phi) is 8.90. The Balaban J connectivity index is 1.20. The zero-order chi connectivity index (χ0) is 28.2. The molecule has 40 heavy (non-hydrogen) atoms. The number of likely N-dealkylation sites (tertiary alicyclic amines) is 1. The molecule has 5 rings (SSSR count). The van der Waals surface area contributed by atoms with Crippen LogP contribution in [-0.4, -0.2) is 71.4 Å². The molecule has 2 aliphatic rings. The van der Waals surface area contributed by atoms with Crippen molar-refractivity contribution in [1.82, 2.24) is 9.47 Å². The number of benzene rings is 1. The molecule has 212 valence electrons. The lowest BCUT2D eigenvalue weighted by Crippen LogP contribution is -2.38. The predicted octanol–water partition coefficient (Wildman–Crippen LogP) is 4.68. The summed E-state index contributed by atoms with van der Waals surface area (Å²) in [5.74, 6) is 0.253. The number of carbonyl (C=O) groups is 2. The number of piperidine rings is 1. The van der Waals surface area contributed by atoms with Crippen molar-refractivity contribution in [1.29, 1.82) is 0 Å². The molecule has 0 unspecified atom stereocenters. The van der Waals surface area contributed by atoms with Gasteiger partial charge >= 0.3 is 6.09 Å². The van der Waals surface area contributed by atoms with Gasteiger partial charge in [0.15, 0.2) is 11.5 Å². The summed E-state index contributed by atoms with van der Waals surface area (Å²) in [4.78, 5) is 42.6. The quantitative estimate of drug-likeness (QED) is 0.345. The summed E-state index contributed by atoms with van der Waals surface area (Å²) in [6, 6.07) is 12.3. The Morgan fingerprint density at radius 1 is 1.18 bits per heavy atom. The van der Waals surface area contributed by atoms with Crippen LogP contribution in [0.1, 0.15) is 40.9 Å². The summed E-state index contributed by atoms with van der Waals surface area (Å²) >= 11 is 7.17. The number of aromatic nitrogens is 1. The lowest BCUT2D eigenvalue weighted by Gasteiger charge is -2.29. The number of halogens is 1. The molecule has 11 heteroatoms. The van der Waals surface area contributed by atoms with Gasteiger partial charge in [0, 0.05) is 37.9 Å². The van der Waals surface area contributed by atoms with Gasteiger partial charge in [-0.3, -0.25) is 24.0 Å². The zero-order valence-corrected chi connectivity index (χ0v) is 23.8. The highest BCUT2D eigenvalue weighted by Gasteiger charge is 2.33. The number of anilines is 1. The van der Waals surface area contributed by atoms with Gasteiger partial charge in [-0.15, -0.1) is 11.3 Å². The summed E-state index contributed by atoms with van der Waals surface area (Å²) in [5, 5.41) is 9.67. The fourth-order valence-corrected chi connectivity index (χ4v) is 6.05. The number of cyclic esters (lactones) is 1. The van der Waals surface area contributed by atoms with E-state index in [0.29, 0.717) is 46.7 Å². The van der Waals surface area contributed by atoms with Gasteiger partial charge in [-0.25, -0.2) is 4.79 Å². The Morgan fingerprint density at radius 3 is 2.70 bits per heavy atom. The molecule has 0 saturated carbocycles. The number of pyridine rings is 1. The number of ketones is 1. The minimum Gasteiger partial charge on any atom is -0.487 e. The van der Waals surface area contributed by atoms with Gasteiger partial charge in [0.25, 0.3) is 5.56 Å². The summed E-state index contributed by atoms with van der Waals surface area (Å²) in [5.41, 5.74) is 1.90. The third-order valence-electron chi connectivity index (χ3n) is 7.30. The average Bonchev–Trinajstić information content (AvgIpc) is 3.55. The maximum absolute atomic E-state index is 13.2. The number of thiophene rings is 1. The standard InChI is InChI=1S/C29H32ClN3O6S/c1-19-17-20(33-18-22(39-29(33)37)5-7-24(35)26-8-9-27(30)40-26)4-6-23(19)32-12-2-3-25(28(32)36)38-16-15-31-13-10-21(34)11-14-31/h2-4,6,8-9,12,17,21-22,34H,5,7,10-11,13-16,18H2,1H3/t22-/m0/s1. The molecule has 4 heterocycles. The second kappa shape index (κ2) is 12.6. The van der Waals surface area contributed by atoms with Crippen molar-refractivity contribution >= 4 is 40.5 Å². The molecule has 0 bridgehead atoms. The van der Waals surface area contributed by atoms with Gasteiger partial charge in [-0.1, -0.05) is 11.6 Å².